The number of para-hydroxylation sites is 1. The molecule has 0 aliphatic heterocycles. The van der Waals surface area contributed by atoms with E-state index in [1.165, 1.54) is 0 Å². The molecule has 1 fully saturated rings. The Bertz CT molecular complexity index is 930. The molecule has 4 nitrogen and oxygen atoms in total. The van der Waals surface area contributed by atoms with Crippen LogP contribution >= 0.6 is 23.2 Å². The lowest BCUT2D eigenvalue weighted by Gasteiger charge is -2.13. The molecular weight excluding hydrogens is 397 g/mol. The summed E-state index contributed by atoms with van der Waals surface area (Å²) in [4.78, 5) is 12.6. The third-order valence-corrected chi connectivity index (χ3v) is 5.21. The highest BCUT2D eigenvalue weighted by Crippen LogP contribution is 2.60. The molecule has 2 aromatic carbocycles. The van der Waals surface area contributed by atoms with Crippen molar-refractivity contribution >= 4 is 29.2 Å². The van der Waals surface area contributed by atoms with E-state index in [4.69, 9.17) is 32.7 Å². The molecule has 1 aliphatic rings. The second-order valence-corrected chi connectivity index (χ2v) is 8.22. The average Bonchev–Trinajstić information content (AvgIpc) is 3.20. The topological polar surface area (TPSA) is 59.3 Å². The molecule has 2 aromatic rings. The molecule has 144 valence electrons. The molecule has 28 heavy (non-hydrogen) atoms. The summed E-state index contributed by atoms with van der Waals surface area (Å²) >= 11 is 11.5. The standard InChI is InChI=1S/C22H19Cl2NO3/c1-22(2)17(12-19(23)24)20(22)21(26)28-18(13-25)14-7-6-10-16(11-14)27-15-8-4-3-5-9-15/h3-12,17-18,20H,1-2H3/t17?,18?,20-/m1/s1. The van der Waals surface area contributed by atoms with E-state index in [1.807, 2.05) is 50.2 Å². The number of ether oxygens (including phenoxy) is 2. The van der Waals surface area contributed by atoms with E-state index in [0.717, 1.165) is 0 Å². The van der Waals surface area contributed by atoms with Crippen molar-refractivity contribution in [3.8, 4) is 17.6 Å². The third kappa shape index (κ3) is 4.49. The van der Waals surface area contributed by atoms with Gasteiger partial charge in [0, 0.05) is 5.56 Å². The predicted octanol–water partition coefficient (Wildman–Crippen LogP) is 6.18. The Kier molecular flexibility index (Phi) is 5.98. The number of rotatable bonds is 6. The summed E-state index contributed by atoms with van der Waals surface area (Å²) < 4.78 is 11.4. The van der Waals surface area contributed by atoms with Gasteiger partial charge in [-0.25, -0.2) is 0 Å². The van der Waals surface area contributed by atoms with Crippen molar-refractivity contribution in [3.63, 3.8) is 0 Å². The van der Waals surface area contributed by atoms with Crippen LogP contribution in [-0.4, -0.2) is 5.97 Å². The molecular formula is C22H19Cl2NO3. The van der Waals surface area contributed by atoms with Crippen LogP contribution in [-0.2, 0) is 9.53 Å². The second kappa shape index (κ2) is 8.26. The summed E-state index contributed by atoms with van der Waals surface area (Å²) in [6.45, 7) is 3.87. The maximum absolute atomic E-state index is 12.6. The fraction of sp³-hybridized carbons (Fsp3) is 0.273. The molecule has 3 rings (SSSR count). The van der Waals surface area contributed by atoms with Crippen LogP contribution in [0.1, 0.15) is 25.5 Å². The Morgan fingerprint density at radius 1 is 1.14 bits per heavy atom. The Hall–Kier alpha value is -2.48. The molecule has 0 bridgehead atoms. The van der Waals surface area contributed by atoms with Gasteiger partial charge >= 0.3 is 5.97 Å². The molecule has 0 N–H and O–H groups in total. The lowest BCUT2D eigenvalue weighted by Crippen LogP contribution is -2.14. The minimum atomic E-state index is -1.03. The molecule has 0 amide bonds. The van der Waals surface area contributed by atoms with E-state index in [0.29, 0.717) is 17.1 Å². The van der Waals surface area contributed by atoms with Crippen molar-refractivity contribution in [1.82, 2.24) is 0 Å². The zero-order valence-corrected chi connectivity index (χ0v) is 16.9. The Morgan fingerprint density at radius 2 is 1.82 bits per heavy atom. The van der Waals surface area contributed by atoms with Crippen LogP contribution in [0.3, 0.4) is 0 Å². The summed E-state index contributed by atoms with van der Waals surface area (Å²) in [6.07, 6.45) is 0.615. The number of hydrogen-bond donors (Lipinski definition) is 0. The monoisotopic (exact) mass is 415 g/mol. The van der Waals surface area contributed by atoms with Gasteiger partial charge in [0.15, 0.2) is 0 Å². The first-order valence-electron chi connectivity index (χ1n) is 8.78. The van der Waals surface area contributed by atoms with Gasteiger partial charge < -0.3 is 9.47 Å². The highest BCUT2D eigenvalue weighted by molar-refractivity contribution is 6.55. The molecule has 0 spiro atoms. The molecule has 0 radical (unpaired) electrons. The van der Waals surface area contributed by atoms with Crippen LogP contribution < -0.4 is 4.74 Å². The SMILES string of the molecule is CC1(C)C(C=C(Cl)Cl)[C@@H]1C(=O)OC(C#N)c1cccc(Oc2ccccc2)c1. The lowest BCUT2D eigenvalue weighted by molar-refractivity contribution is -0.149. The largest absolute Gasteiger partial charge is 0.457 e. The van der Waals surface area contributed by atoms with Crippen molar-refractivity contribution < 1.29 is 14.3 Å². The molecule has 6 heteroatoms. The van der Waals surface area contributed by atoms with Gasteiger partial charge in [-0.05, 0) is 41.7 Å². The number of nitriles is 1. The Morgan fingerprint density at radius 3 is 2.46 bits per heavy atom. The number of halogens is 2. The first kappa shape index (κ1) is 20.3. The van der Waals surface area contributed by atoms with E-state index in [2.05, 4.69) is 0 Å². The third-order valence-electron chi connectivity index (χ3n) is 4.96. The van der Waals surface area contributed by atoms with Crippen molar-refractivity contribution in [2.24, 2.45) is 17.3 Å². The first-order chi connectivity index (χ1) is 13.3. The molecule has 1 aliphatic carbocycles. The van der Waals surface area contributed by atoms with E-state index in [9.17, 15) is 10.1 Å². The maximum atomic E-state index is 12.6. The fourth-order valence-electron chi connectivity index (χ4n) is 3.30. The molecule has 0 saturated heterocycles. The van der Waals surface area contributed by atoms with Gasteiger partial charge in [-0.3, -0.25) is 4.79 Å². The van der Waals surface area contributed by atoms with E-state index in [-0.39, 0.29) is 21.7 Å². The molecule has 3 atom stereocenters. The molecule has 2 unspecified atom stereocenters. The highest BCUT2D eigenvalue weighted by Gasteiger charge is 2.62. The lowest BCUT2D eigenvalue weighted by atomic mass is 10.1. The number of hydrogen-bond acceptors (Lipinski definition) is 4. The van der Waals surface area contributed by atoms with Crippen molar-refractivity contribution in [1.29, 1.82) is 5.26 Å². The zero-order valence-electron chi connectivity index (χ0n) is 15.4. The van der Waals surface area contributed by atoms with Crippen LogP contribution in [0.15, 0.2) is 65.2 Å². The molecule has 1 saturated carbocycles. The van der Waals surface area contributed by atoms with E-state index >= 15 is 0 Å². The summed E-state index contributed by atoms with van der Waals surface area (Å²) in [5.41, 5.74) is 0.231. The van der Waals surface area contributed by atoms with Gasteiger partial charge in [-0.15, -0.1) is 0 Å². The van der Waals surface area contributed by atoms with Crippen LogP contribution in [0.2, 0.25) is 0 Å². The number of allylic oxidation sites excluding steroid dienone is 1. The summed E-state index contributed by atoms with van der Waals surface area (Å²) in [7, 11) is 0. The van der Waals surface area contributed by atoms with Crippen molar-refractivity contribution in [3.05, 3.63) is 70.7 Å². The minimum absolute atomic E-state index is 0.114. The van der Waals surface area contributed by atoms with Gasteiger partial charge in [0.1, 0.15) is 22.1 Å². The molecule has 0 aromatic heterocycles. The van der Waals surface area contributed by atoms with Crippen molar-refractivity contribution in [2.75, 3.05) is 0 Å². The zero-order chi connectivity index (χ0) is 20.3. The first-order valence-corrected chi connectivity index (χ1v) is 9.54. The maximum Gasteiger partial charge on any atom is 0.311 e. The Balaban J connectivity index is 1.72. The minimum Gasteiger partial charge on any atom is -0.457 e. The van der Waals surface area contributed by atoms with Crippen molar-refractivity contribution in [2.45, 2.75) is 20.0 Å². The number of esters is 1. The number of benzene rings is 2. The smallest absolute Gasteiger partial charge is 0.311 e. The van der Waals surface area contributed by atoms with Crippen LogP contribution in [0.25, 0.3) is 0 Å². The quantitative estimate of drug-likeness (QED) is 0.528. The van der Waals surface area contributed by atoms with Gasteiger partial charge in [0.05, 0.1) is 5.92 Å². The second-order valence-electron chi connectivity index (χ2n) is 7.21. The summed E-state index contributed by atoms with van der Waals surface area (Å²) in [5.74, 6) is 0.289. The number of nitrogens with zero attached hydrogens (tertiary/aromatic N) is 1. The number of carbonyl (C=O) groups excluding carboxylic acids is 1. The summed E-state index contributed by atoms with van der Waals surface area (Å²) in [5, 5.41) is 9.53. The van der Waals surface area contributed by atoms with Gasteiger partial charge in [-0.1, -0.05) is 67.4 Å². The normalized spacial score (nSPS) is 20.4. The van der Waals surface area contributed by atoms with Crippen LogP contribution in [0.4, 0.5) is 0 Å². The predicted molar refractivity (Wildman–Crippen MR) is 108 cm³/mol. The average molecular weight is 416 g/mol. The number of carbonyl (C=O) groups is 1. The van der Waals surface area contributed by atoms with Crippen LogP contribution in [0.5, 0.6) is 11.5 Å². The van der Waals surface area contributed by atoms with Gasteiger partial charge in [0.25, 0.3) is 0 Å². The van der Waals surface area contributed by atoms with Crippen LogP contribution in [0, 0.1) is 28.6 Å². The molecule has 0 heterocycles. The summed E-state index contributed by atoms with van der Waals surface area (Å²) in [6, 6.07) is 18.3. The Labute approximate surface area is 174 Å². The van der Waals surface area contributed by atoms with Gasteiger partial charge in [0.2, 0.25) is 6.10 Å². The van der Waals surface area contributed by atoms with Gasteiger partial charge in [-0.2, -0.15) is 5.26 Å². The highest BCUT2D eigenvalue weighted by atomic mass is 35.5. The fourth-order valence-corrected chi connectivity index (χ4v) is 3.57. The van der Waals surface area contributed by atoms with E-state index in [1.54, 1.807) is 30.3 Å². The van der Waals surface area contributed by atoms with E-state index < -0.39 is 12.1 Å².